The molecule has 0 radical (unpaired) electrons. The number of fused-ring (bicyclic) bond motifs is 3. The largest absolute Gasteiger partial charge is 0.534 e. The van der Waals surface area contributed by atoms with Crippen molar-refractivity contribution in [2.24, 2.45) is 17.8 Å². The maximum absolute atomic E-state index is 13.1. The first-order valence-electron chi connectivity index (χ1n) is 30.9. The van der Waals surface area contributed by atoms with Gasteiger partial charge in [-0.1, -0.05) is 24.3 Å². The Balaban J connectivity index is 0.000000127. The van der Waals surface area contributed by atoms with Gasteiger partial charge < -0.3 is 57.7 Å². The summed E-state index contributed by atoms with van der Waals surface area (Å²) in [6.45, 7) is 14.0. The normalized spacial score (nSPS) is 19.6. The van der Waals surface area contributed by atoms with Crippen LogP contribution < -0.4 is 25.6 Å². The minimum Gasteiger partial charge on any atom is -0.508 e. The molecule has 3 aliphatic carbocycles. The molecule has 6 N–H and O–H groups in total. The fraction of sp³-hybridized carbons (Fsp3) is 0.275. The summed E-state index contributed by atoms with van der Waals surface area (Å²) in [6.07, 6.45) is 15.7. The van der Waals surface area contributed by atoms with E-state index in [4.69, 9.17) is 9.31 Å². The third-order valence-electron chi connectivity index (χ3n) is 17.4. The Bertz CT molecular complexity index is 4890. The van der Waals surface area contributed by atoms with Gasteiger partial charge in [-0.2, -0.15) is 21.6 Å². The van der Waals surface area contributed by atoms with Crippen LogP contribution in [0.15, 0.2) is 165 Å². The molecular formula is C69H66BF6N11O9S. The predicted octanol–water partition coefficient (Wildman–Crippen LogP) is 13.1. The molecule has 11 aromatic rings. The summed E-state index contributed by atoms with van der Waals surface area (Å²) in [5.74, 6) is -2.02. The molecule has 3 amide bonds. The fourth-order valence-corrected chi connectivity index (χ4v) is 11.2. The van der Waals surface area contributed by atoms with Crippen molar-refractivity contribution in [3.8, 4) is 56.0 Å². The highest BCUT2D eigenvalue weighted by molar-refractivity contribution is 7.88. The molecule has 6 atom stereocenters. The molecule has 97 heavy (non-hydrogen) atoms. The molecule has 1 aliphatic heterocycles. The van der Waals surface area contributed by atoms with Gasteiger partial charge in [0, 0.05) is 43.4 Å². The highest BCUT2D eigenvalue weighted by Crippen LogP contribution is 2.40. The van der Waals surface area contributed by atoms with Gasteiger partial charge in [-0.05, 0) is 213 Å². The summed E-state index contributed by atoms with van der Waals surface area (Å²) in [7, 11) is -6.04. The number of nitrogens with one attached hydrogen (secondary N) is 5. The van der Waals surface area contributed by atoms with Gasteiger partial charge in [-0.3, -0.25) is 14.4 Å². The summed E-state index contributed by atoms with van der Waals surface area (Å²) in [5.41, 5.74) is 7.06. The molecule has 0 unspecified atom stereocenters. The summed E-state index contributed by atoms with van der Waals surface area (Å²) in [5, 5.41) is 17.6. The average Bonchev–Trinajstić information content (AvgIpc) is 1.64. The number of anilines is 3. The number of aromatic nitrogens is 8. The minimum atomic E-state index is -5.79. The highest BCUT2D eigenvalue weighted by atomic mass is 32.2. The number of aryl methyl sites for hydroxylation is 3. The van der Waals surface area contributed by atoms with E-state index in [9.17, 15) is 54.3 Å². The van der Waals surface area contributed by atoms with E-state index in [1.165, 1.54) is 23.9 Å². The van der Waals surface area contributed by atoms with Gasteiger partial charge in [-0.25, -0.2) is 28.1 Å². The Morgan fingerprint density at radius 2 is 0.938 bits per heavy atom. The first-order chi connectivity index (χ1) is 46.0. The average molecular weight is 1350 g/mol. The number of aromatic amines is 2. The van der Waals surface area contributed by atoms with Crippen molar-refractivity contribution in [3.63, 3.8) is 0 Å². The number of hydrogen-bond acceptors (Lipinski definition) is 12. The lowest BCUT2D eigenvalue weighted by atomic mass is 9.81. The minimum absolute atomic E-state index is 0.186. The molecule has 28 heteroatoms. The van der Waals surface area contributed by atoms with Crippen molar-refractivity contribution >= 4 is 74.8 Å². The van der Waals surface area contributed by atoms with Crippen LogP contribution in [0.3, 0.4) is 0 Å². The van der Waals surface area contributed by atoms with Gasteiger partial charge in [-0.15, -0.1) is 0 Å². The summed E-state index contributed by atoms with van der Waals surface area (Å²) in [4.78, 5) is 54.7. The van der Waals surface area contributed by atoms with Crippen LogP contribution in [0.5, 0.6) is 11.5 Å². The first-order valence-corrected chi connectivity index (χ1v) is 32.3. The molecular weight excluding hydrogens is 1280 g/mol. The second kappa shape index (κ2) is 26.1. The molecule has 4 aliphatic rings. The number of H-pyrrole nitrogens is 2. The Kier molecular flexibility index (Phi) is 18.0. The van der Waals surface area contributed by atoms with Gasteiger partial charge in [0.05, 0.1) is 47.5 Å². The van der Waals surface area contributed by atoms with Crippen molar-refractivity contribution in [2.45, 2.75) is 103 Å². The second-order valence-corrected chi connectivity index (χ2v) is 26.8. The van der Waals surface area contributed by atoms with Crippen LogP contribution in [0.4, 0.5) is 43.8 Å². The third-order valence-corrected chi connectivity index (χ3v) is 18.4. The third kappa shape index (κ3) is 14.9. The number of rotatable bonds is 13. The smallest absolute Gasteiger partial charge is 0.508 e. The topological polar surface area (TPSA) is 253 Å². The molecule has 15 rings (SSSR count). The number of hydrogen-bond donors (Lipinski definition) is 6. The number of nitrogens with zero attached hydrogens (tertiary/aromatic N) is 6. The van der Waals surface area contributed by atoms with Crippen LogP contribution in [0.1, 0.15) is 63.6 Å². The van der Waals surface area contributed by atoms with E-state index in [1.807, 2.05) is 91.0 Å². The van der Waals surface area contributed by atoms with Crippen molar-refractivity contribution in [1.29, 1.82) is 0 Å². The number of aromatic hydroxyl groups is 1. The summed E-state index contributed by atoms with van der Waals surface area (Å²) < 4.78 is 121. The van der Waals surface area contributed by atoms with Gasteiger partial charge >= 0.3 is 22.7 Å². The van der Waals surface area contributed by atoms with Crippen molar-refractivity contribution in [1.82, 2.24) is 38.1 Å². The van der Waals surface area contributed by atoms with Crippen molar-refractivity contribution in [2.75, 3.05) is 16.0 Å². The predicted molar refractivity (Wildman–Crippen MR) is 355 cm³/mol. The molecule has 9 heterocycles. The summed E-state index contributed by atoms with van der Waals surface area (Å²) in [6, 6.07) is 30.3. The molecule has 8 aromatic heterocycles. The standard InChI is InChI=1S/C22H19FN4O.C19H15F4N3O4S.C18H16FN3O2.C10H16BNO2/c1-13-2-3-14(15-6-7-24-10-15)8-17(13)16-4-5-21-25-20(12-27(21)11-16)26-22(28)18-9-19(18)23;1-10-2-4-12(30-31(28,29)19(21,22)23)6-13(10)11-3-5-17-24-16(9-26(17)8-11)25-18(27)14-7-15(14)20;1-10-2-4-12(23)6-13(10)11-3-5-17-20-16(9-22(17)8-11)21-18(24)14-7-15(14)19;1-9(2)10(3,4)14-11(13-9)8-5-6-12-7-8/h2-8,10-12,18-19,24H,9H2,1H3,(H,26,28);2-6,8-9,14-15H,7H2,1H3,(H,25,27);2-6,8-9,14-15,23H,7H2,1H3,(H,21,24);5-7,12H,1-4H3/t18-,19+;2*14-,15+;/m111./s1. The zero-order chi connectivity index (χ0) is 69.0. The van der Waals surface area contributed by atoms with Gasteiger partial charge in [0.1, 0.15) is 47.0 Å². The molecule has 4 fully saturated rings. The number of halogens is 6. The van der Waals surface area contributed by atoms with Crippen LogP contribution in [-0.2, 0) is 33.8 Å². The number of alkyl halides is 6. The number of carbonyl (C=O) groups excluding carboxylic acids is 3. The van der Waals surface area contributed by atoms with Gasteiger partial charge in [0.2, 0.25) is 17.7 Å². The number of carbonyl (C=O) groups is 3. The van der Waals surface area contributed by atoms with Crippen molar-refractivity contribution in [3.05, 3.63) is 182 Å². The number of imidazole rings is 3. The second-order valence-electron chi connectivity index (χ2n) is 25.3. The zero-order valence-corrected chi connectivity index (χ0v) is 54.1. The molecule has 3 saturated carbocycles. The van der Waals surface area contributed by atoms with E-state index in [0.717, 1.165) is 56.1 Å². The number of phenols is 1. The highest BCUT2D eigenvalue weighted by Gasteiger charge is 2.52. The van der Waals surface area contributed by atoms with Crippen LogP contribution in [0, 0.1) is 38.5 Å². The Morgan fingerprint density at radius 1 is 0.546 bits per heavy atom. The first kappa shape index (κ1) is 66.8. The maximum atomic E-state index is 13.1. The van der Waals surface area contributed by atoms with E-state index in [-0.39, 0.29) is 48.1 Å². The quantitative estimate of drug-likeness (QED) is 0.0273. The SMILES string of the molecule is CC1(C)OB(c2cc[nH]c2)OC1(C)C.Cc1ccc(-c2cc[nH]c2)cc1-c1ccc2nc(NC(=O)[C@@H]3C[C@@H]3F)cn2c1.Cc1ccc(O)cc1-c1ccc2nc(NC(=O)[C@@H]3C[C@@H]3F)cn2c1.Cc1ccc(OS(=O)(=O)C(F)(F)F)cc1-c1ccc2nc(NC(=O)[C@@H]3C[C@@H]3F)cn2c1. The molecule has 0 spiro atoms. The lowest BCUT2D eigenvalue weighted by molar-refractivity contribution is -0.118. The number of phenolic OH excluding ortho intramolecular Hbond substituents is 1. The molecule has 1 saturated heterocycles. The van der Waals surface area contributed by atoms with E-state index in [2.05, 4.69) is 97.9 Å². The van der Waals surface area contributed by atoms with Crippen molar-refractivity contribution < 1.29 is 67.7 Å². The zero-order valence-electron chi connectivity index (χ0n) is 53.3. The van der Waals surface area contributed by atoms with E-state index >= 15 is 0 Å². The Labute approximate surface area is 552 Å². The molecule has 20 nitrogen and oxygen atoms in total. The fourth-order valence-electron chi connectivity index (χ4n) is 10.7. The van der Waals surface area contributed by atoms with E-state index < -0.39 is 63.6 Å². The van der Waals surface area contributed by atoms with Gasteiger partial charge in [0.15, 0.2) is 17.5 Å². The molecule has 0 bridgehead atoms. The van der Waals surface area contributed by atoms with E-state index in [0.29, 0.717) is 52.5 Å². The monoisotopic (exact) mass is 1350 g/mol. The Morgan fingerprint density at radius 3 is 1.34 bits per heavy atom. The van der Waals surface area contributed by atoms with Crippen LogP contribution >= 0.6 is 0 Å². The van der Waals surface area contributed by atoms with Crippen LogP contribution in [-0.4, -0.2) is 112 Å². The molecule has 502 valence electrons. The molecule has 3 aromatic carbocycles. The number of amides is 3. The maximum Gasteiger partial charge on any atom is 0.534 e. The van der Waals surface area contributed by atoms with E-state index in [1.54, 1.807) is 58.6 Å². The number of benzene rings is 3. The van der Waals surface area contributed by atoms with Crippen LogP contribution in [0.2, 0.25) is 0 Å². The lowest BCUT2D eigenvalue weighted by Crippen LogP contribution is -2.41. The number of pyridine rings is 3. The Hall–Kier alpha value is -10.2. The van der Waals surface area contributed by atoms with Gasteiger partial charge in [0.25, 0.3) is 0 Å². The lowest BCUT2D eigenvalue weighted by Gasteiger charge is -2.32. The van der Waals surface area contributed by atoms with Crippen LogP contribution in [0.25, 0.3) is 61.4 Å². The summed E-state index contributed by atoms with van der Waals surface area (Å²) >= 11 is 0.